The molecule has 1 unspecified atom stereocenters. The summed E-state index contributed by atoms with van der Waals surface area (Å²) >= 11 is 1.15. The number of thioether (sulfide) groups is 1. The van der Waals surface area contributed by atoms with Gasteiger partial charge in [0.25, 0.3) is 0 Å². The lowest BCUT2D eigenvalue weighted by Crippen LogP contribution is -2.23. The van der Waals surface area contributed by atoms with Gasteiger partial charge in [0.2, 0.25) is 5.12 Å². The molecule has 0 spiro atoms. The molecule has 98 valence electrons. The molecular weight excluding hydrogens is 244 g/mol. The van der Waals surface area contributed by atoms with Crippen molar-refractivity contribution in [3.8, 4) is 0 Å². The predicted octanol–water partition coefficient (Wildman–Crippen LogP) is 3.95. The Morgan fingerprint density at radius 3 is 2.22 bits per heavy atom. The highest BCUT2D eigenvalue weighted by molar-refractivity contribution is 8.13. The third kappa shape index (κ3) is 5.05. The fourth-order valence-electron chi connectivity index (χ4n) is 1.50. The Morgan fingerprint density at radius 1 is 1.17 bits per heavy atom. The van der Waals surface area contributed by atoms with Crippen molar-refractivity contribution >= 4 is 22.7 Å². The number of carbonyl (C=O) groups is 2. The third-order valence-electron chi connectivity index (χ3n) is 2.50. The first-order valence-electron chi connectivity index (χ1n) is 6.09. The minimum atomic E-state index is -0.533. The molecular formula is C15H20O2S. The predicted molar refractivity (Wildman–Crippen MR) is 75.5 cm³/mol. The molecule has 0 aliphatic rings. The van der Waals surface area contributed by atoms with Crippen molar-refractivity contribution in [2.24, 2.45) is 11.3 Å². The van der Waals surface area contributed by atoms with Crippen LogP contribution in [-0.4, -0.2) is 10.9 Å². The van der Waals surface area contributed by atoms with Gasteiger partial charge in [-0.15, -0.1) is 0 Å². The van der Waals surface area contributed by atoms with Gasteiger partial charge in [-0.05, 0) is 24.5 Å². The molecule has 0 aromatic heterocycles. The zero-order chi connectivity index (χ0) is 13.8. The highest BCUT2D eigenvalue weighted by Crippen LogP contribution is 2.26. The summed E-state index contributed by atoms with van der Waals surface area (Å²) in [6.45, 7) is 7.72. The first-order valence-corrected chi connectivity index (χ1v) is 6.91. The maximum atomic E-state index is 12.0. The third-order valence-corrected chi connectivity index (χ3v) is 3.57. The lowest BCUT2D eigenvalue weighted by molar-refractivity contribution is -0.129. The monoisotopic (exact) mass is 264 g/mol. The largest absolute Gasteiger partial charge is 0.299 e. The van der Waals surface area contributed by atoms with Crippen LogP contribution >= 0.6 is 11.8 Å². The summed E-state index contributed by atoms with van der Waals surface area (Å²) in [5, 5.41) is -0.0737. The number of rotatable bonds is 4. The van der Waals surface area contributed by atoms with Crippen molar-refractivity contribution in [2.45, 2.75) is 39.0 Å². The van der Waals surface area contributed by atoms with E-state index in [-0.39, 0.29) is 16.3 Å². The summed E-state index contributed by atoms with van der Waals surface area (Å²) in [7, 11) is 0. The molecule has 18 heavy (non-hydrogen) atoms. The van der Waals surface area contributed by atoms with Crippen molar-refractivity contribution in [2.75, 3.05) is 0 Å². The number of benzene rings is 1. The zero-order valence-electron chi connectivity index (χ0n) is 11.4. The molecule has 1 atom stereocenters. The molecule has 1 rings (SSSR count). The van der Waals surface area contributed by atoms with E-state index in [2.05, 4.69) is 0 Å². The van der Waals surface area contributed by atoms with Crippen LogP contribution in [0.15, 0.2) is 35.2 Å². The summed E-state index contributed by atoms with van der Waals surface area (Å²) in [6.07, 6.45) is 0.440. The average molecular weight is 264 g/mol. The molecule has 0 fully saturated rings. The summed E-state index contributed by atoms with van der Waals surface area (Å²) in [6, 6.07) is 9.43. The molecule has 0 aliphatic carbocycles. The fraction of sp³-hybridized carbons (Fsp3) is 0.467. The lowest BCUT2D eigenvalue weighted by Gasteiger charge is -2.19. The molecule has 3 heteroatoms. The van der Waals surface area contributed by atoms with Gasteiger partial charge >= 0.3 is 0 Å². The second-order valence-electron chi connectivity index (χ2n) is 5.66. The minimum Gasteiger partial charge on any atom is -0.299 e. The normalized spacial score (nSPS) is 13.1. The molecule has 0 N–H and O–H groups in total. The molecule has 0 bridgehead atoms. The molecule has 1 aromatic carbocycles. The van der Waals surface area contributed by atoms with Crippen molar-refractivity contribution < 1.29 is 9.59 Å². The highest BCUT2D eigenvalue weighted by Gasteiger charge is 2.26. The fourth-order valence-corrected chi connectivity index (χ4v) is 2.33. The maximum absolute atomic E-state index is 12.0. The second-order valence-corrected chi connectivity index (χ2v) is 6.74. The van der Waals surface area contributed by atoms with Gasteiger partial charge < -0.3 is 0 Å². The van der Waals surface area contributed by atoms with E-state index in [1.54, 1.807) is 6.92 Å². The summed E-state index contributed by atoms with van der Waals surface area (Å²) in [4.78, 5) is 24.8. The van der Waals surface area contributed by atoms with Gasteiger partial charge in [-0.25, -0.2) is 0 Å². The van der Waals surface area contributed by atoms with Gasteiger partial charge in [0.1, 0.15) is 5.78 Å². The van der Waals surface area contributed by atoms with E-state index >= 15 is 0 Å². The Balaban J connectivity index is 2.59. The van der Waals surface area contributed by atoms with Crippen LogP contribution in [-0.2, 0) is 9.59 Å². The molecule has 2 nitrogen and oxygen atoms in total. The summed E-state index contributed by atoms with van der Waals surface area (Å²) in [5.41, 5.74) is -0.0664. The van der Waals surface area contributed by atoms with E-state index in [1.807, 2.05) is 51.1 Å². The van der Waals surface area contributed by atoms with Crippen LogP contribution < -0.4 is 0 Å². The number of ketones is 1. The molecule has 0 amide bonds. The van der Waals surface area contributed by atoms with Crippen LogP contribution in [0.2, 0.25) is 0 Å². The van der Waals surface area contributed by atoms with Gasteiger partial charge in [0.15, 0.2) is 0 Å². The number of Topliss-reactive ketones (excluding diaryl/α,β-unsaturated/α-hetero) is 1. The van der Waals surface area contributed by atoms with E-state index < -0.39 is 5.92 Å². The second kappa shape index (κ2) is 6.19. The first kappa shape index (κ1) is 15.0. The number of hydrogen-bond acceptors (Lipinski definition) is 3. The number of hydrogen-bond donors (Lipinski definition) is 0. The Labute approximate surface area is 113 Å². The van der Waals surface area contributed by atoms with Crippen LogP contribution in [0.1, 0.15) is 34.1 Å². The zero-order valence-corrected chi connectivity index (χ0v) is 12.2. The van der Waals surface area contributed by atoms with Gasteiger partial charge in [-0.3, -0.25) is 9.59 Å². The Hall–Kier alpha value is -1.09. The van der Waals surface area contributed by atoms with E-state index in [9.17, 15) is 9.59 Å². The van der Waals surface area contributed by atoms with Crippen LogP contribution in [0.3, 0.4) is 0 Å². The van der Waals surface area contributed by atoms with Crippen LogP contribution in [0, 0.1) is 11.3 Å². The number of carbonyl (C=O) groups excluding carboxylic acids is 2. The average Bonchev–Trinajstić information content (AvgIpc) is 2.27. The summed E-state index contributed by atoms with van der Waals surface area (Å²) < 4.78 is 0. The quantitative estimate of drug-likeness (QED) is 0.610. The molecule has 1 aromatic rings. The Morgan fingerprint density at radius 2 is 1.72 bits per heavy atom. The molecule has 0 heterocycles. The van der Waals surface area contributed by atoms with Gasteiger partial charge in [-0.1, -0.05) is 50.7 Å². The van der Waals surface area contributed by atoms with Crippen LogP contribution in [0.25, 0.3) is 0 Å². The molecule has 0 saturated carbocycles. The van der Waals surface area contributed by atoms with Crippen molar-refractivity contribution in [1.82, 2.24) is 0 Å². The Bertz CT molecular complexity index is 418. The first-order chi connectivity index (χ1) is 8.29. The van der Waals surface area contributed by atoms with Crippen molar-refractivity contribution in [3.63, 3.8) is 0 Å². The van der Waals surface area contributed by atoms with Crippen LogP contribution in [0.4, 0.5) is 0 Å². The molecule has 0 aliphatic heterocycles. The maximum Gasteiger partial charge on any atom is 0.203 e. The standard InChI is InChI=1S/C15H20O2S/c1-11(13(16)10-15(2,3)4)14(17)18-12-8-6-5-7-9-12/h5-9,11H,10H2,1-4H3. The van der Waals surface area contributed by atoms with Crippen molar-refractivity contribution in [1.29, 1.82) is 0 Å². The smallest absolute Gasteiger partial charge is 0.203 e. The SMILES string of the molecule is CC(C(=O)CC(C)(C)C)C(=O)Sc1ccccc1. The van der Waals surface area contributed by atoms with E-state index in [4.69, 9.17) is 0 Å². The Kier molecular flexibility index (Phi) is 5.15. The highest BCUT2D eigenvalue weighted by atomic mass is 32.2. The molecule has 0 saturated heterocycles. The topological polar surface area (TPSA) is 34.1 Å². The van der Waals surface area contributed by atoms with Gasteiger partial charge in [-0.2, -0.15) is 0 Å². The molecule has 0 radical (unpaired) electrons. The van der Waals surface area contributed by atoms with E-state index in [0.717, 1.165) is 16.7 Å². The van der Waals surface area contributed by atoms with Gasteiger partial charge in [0, 0.05) is 11.3 Å². The summed E-state index contributed by atoms with van der Waals surface area (Å²) in [5.74, 6) is -0.509. The van der Waals surface area contributed by atoms with Crippen LogP contribution in [0.5, 0.6) is 0 Å². The minimum absolute atomic E-state index is 0.0240. The van der Waals surface area contributed by atoms with Crippen molar-refractivity contribution in [3.05, 3.63) is 30.3 Å². The van der Waals surface area contributed by atoms with E-state index in [0.29, 0.717) is 6.42 Å². The van der Waals surface area contributed by atoms with Gasteiger partial charge in [0.05, 0.1) is 5.92 Å². The lowest BCUT2D eigenvalue weighted by atomic mass is 9.86. The van der Waals surface area contributed by atoms with E-state index in [1.165, 1.54) is 0 Å².